The minimum atomic E-state index is 0.600. The van der Waals surface area contributed by atoms with E-state index in [2.05, 4.69) is 152 Å². The molecule has 252 valence electrons. The number of benzene rings is 7. The van der Waals surface area contributed by atoms with E-state index in [1.165, 1.54) is 38.1 Å². The first-order valence-corrected chi connectivity index (χ1v) is 17.9. The number of nitrogens with zero attached hydrogens (tertiary/aromatic N) is 5. The van der Waals surface area contributed by atoms with Crippen molar-refractivity contribution in [1.82, 2.24) is 14.5 Å². The summed E-state index contributed by atoms with van der Waals surface area (Å²) >= 11 is 0. The highest BCUT2D eigenvalue weighted by Crippen LogP contribution is 2.44. The highest BCUT2D eigenvalue weighted by molar-refractivity contribution is 6.26. The zero-order valence-electron chi connectivity index (χ0n) is 29.1. The van der Waals surface area contributed by atoms with E-state index < -0.39 is 0 Å². The van der Waals surface area contributed by atoms with E-state index in [0.717, 1.165) is 50.6 Å². The Morgan fingerprint density at radius 3 is 1.80 bits per heavy atom. The molecule has 0 atom stereocenters. The molecule has 10 rings (SSSR count). The first kappa shape index (κ1) is 31.2. The van der Waals surface area contributed by atoms with Crippen LogP contribution in [0.25, 0.3) is 76.5 Å². The van der Waals surface area contributed by atoms with Crippen molar-refractivity contribution in [1.29, 1.82) is 0 Å². The second kappa shape index (κ2) is 12.9. The van der Waals surface area contributed by atoms with E-state index in [0.29, 0.717) is 5.69 Å². The van der Waals surface area contributed by atoms with Crippen LogP contribution in [0.1, 0.15) is 0 Å². The van der Waals surface area contributed by atoms with Crippen molar-refractivity contribution in [2.75, 3.05) is 4.90 Å². The third-order valence-electron chi connectivity index (χ3n) is 10.3. The lowest BCUT2D eigenvalue weighted by molar-refractivity contribution is 1.18. The number of para-hydroxylation sites is 1. The molecule has 0 saturated heterocycles. The Balaban J connectivity index is 1.13. The van der Waals surface area contributed by atoms with Crippen molar-refractivity contribution in [3.05, 3.63) is 200 Å². The molecule has 0 bridgehead atoms. The summed E-state index contributed by atoms with van der Waals surface area (Å²) in [5.41, 5.74) is 13.6. The number of aromatic nitrogens is 3. The molecule has 54 heavy (non-hydrogen) atoms. The van der Waals surface area contributed by atoms with Crippen LogP contribution in [0.5, 0.6) is 0 Å². The van der Waals surface area contributed by atoms with Crippen LogP contribution < -0.4 is 4.90 Å². The van der Waals surface area contributed by atoms with Crippen molar-refractivity contribution in [3.63, 3.8) is 0 Å². The first-order chi connectivity index (χ1) is 26.7. The van der Waals surface area contributed by atoms with E-state index in [9.17, 15) is 0 Å². The summed E-state index contributed by atoms with van der Waals surface area (Å²) in [5.74, 6) is 0. The maximum atomic E-state index is 7.57. The molecule has 3 heterocycles. The van der Waals surface area contributed by atoms with Gasteiger partial charge in [-0.25, -0.2) is 4.85 Å². The summed E-state index contributed by atoms with van der Waals surface area (Å²) < 4.78 is 2.38. The van der Waals surface area contributed by atoms with Gasteiger partial charge in [0, 0.05) is 69.4 Å². The van der Waals surface area contributed by atoms with E-state index in [1.54, 1.807) is 12.4 Å². The number of hydrogen-bond acceptors (Lipinski definition) is 3. The van der Waals surface area contributed by atoms with Crippen molar-refractivity contribution < 1.29 is 0 Å². The molecular weight excluding hydrogens is 659 g/mol. The second-order valence-electron chi connectivity index (χ2n) is 13.4. The fourth-order valence-electron chi connectivity index (χ4n) is 7.85. The van der Waals surface area contributed by atoms with Gasteiger partial charge in [-0.05, 0) is 112 Å². The fraction of sp³-hybridized carbons (Fsp3) is 0. The van der Waals surface area contributed by atoms with Crippen LogP contribution in [0.2, 0.25) is 0 Å². The van der Waals surface area contributed by atoms with Gasteiger partial charge in [0.2, 0.25) is 0 Å². The van der Waals surface area contributed by atoms with Crippen LogP contribution in [0.4, 0.5) is 22.7 Å². The molecular formula is C49H31N5. The molecule has 5 nitrogen and oxygen atoms in total. The van der Waals surface area contributed by atoms with Gasteiger partial charge in [0.05, 0.1) is 17.6 Å². The molecule has 0 aliphatic heterocycles. The maximum Gasteiger partial charge on any atom is 0.187 e. The minimum Gasteiger partial charge on any atom is -0.311 e. The normalized spacial score (nSPS) is 11.3. The summed E-state index contributed by atoms with van der Waals surface area (Å²) in [7, 11) is 0. The highest BCUT2D eigenvalue weighted by atomic mass is 15.1. The van der Waals surface area contributed by atoms with Crippen LogP contribution in [0.15, 0.2) is 189 Å². The molecule has 5 heteroatoms. The smallest absolute Gasteiger partial charge is 0.187 e. The number of anilines is 3. The van der Waals surface area contributed by atoms with Gasteiger partial charge < -0.3 is 9.47 Å². The van der Waals surface area contributed by atoms with Crippen molar-refractivity contribution in [2.45, 2.75) is 0 Å². The molecule has 0 aliphatic rings. The summed E-state index contributed by atoms with van der Waals surface area (Å²) in [6, 6.07) is 57.6. The molecule has 0 N–H and O–H groups in total. The van der Waals surface area contributed by atoms with Gasteiger partial charge in [-0.2, -0.15) is 0 Å². The Morgan fingerprint density at radius 1 is 0.481 bits per heavy atom. The van der Waals surface area contributed by atoms with Crippen LogP contribution >= 0.6 is 0 Å². The van der Waals surface area contributed by atoms with Gasteiger partial charge in [-0.1, -0.05) is 84.9 Å². The molecule has 0 fully saturated rings. The van der Waals surface area contributed by atoms with Gasteiger partial charge in [0.15, 0.2) is 5.69 Å². The first-order valence-electron chi connectivity index (χ1n) is 17.9. The van der Waals surface area contributed by atoms with Gasteiger partial charge in [0.25, 0.3) is 0 Å². The lowest BCUT2D eigenvalue weighted by Gasteiger charge is -2.27. The predicted octanol–water partition coefficient (Wildman–Crippen LogP) is 13.2. The monoisotopic (exact) mass is 689 g/mol. The Labute approximate surface area is 312 Å². The fourth-order valence-corrected chi connectivity index (χ4v) is 7.85. The number of hydrogen-bond donors (Lipinski definition) is 0. The lowest BCUT2D eigenvalue weighted by atomic mass is 9.94. The molecule has 0 aliphatic carbocycles. The average molecular weight is 690 g/mol. The summed E-state index contributed by atoms with van der Waals surface area (Å²) in [6.07, 6.45) is 7.38. The third-order valence-corrected chi connectivity index (χ3v) is 10.3. The zero-order valence-corrected chi connectivity index (χ0v) is 29.1. The standard InChI is InChI=1S/C49H31N5/c1-50-39-17-21-42(22-18-39)53(43-29-37(35-9-6-26-51-31-35)28-38(30-43)36-10-7-27-52-32-36)41-19-14-33(15-20-41)44-24-25-47-49-45(44)23-16-34-8-5-13-46(48(34)49)54(47)40-11-3-2-4-12-40/h2-32H. The largest absolute Gasteiger partial charge is 0.311 e. The SMILES string of the molecule is [C-]#[N+]c1ccc(N(c2ccc(-c3ccc4c5c3ccc3cccc(c35)n4-c3ccccc3)cc2)c2cc(-c3cccnc3)cc(-c3cccnc3)c2)cc1. The van der Waals surface area contributed by atoms with Crippen molar-refractivity contribution >= 4 is 55.3 Å². The van der Waals surface area contributed by atoms with Gasteiger partial charge >= 0.3 is 0 Å². The number of rotatable bonds is 7. The molecule has 10 aromatic rings. The number of pyridine rings is 2. The minimum absolute atomic E-state index is 0.600. The zero-order chi connectivity index (χ0) is 36.0. The van der Waals surface area contributed by atoms with E-state index in [-0.39, 0.29) is 0 Å². The molecule has 3 aromatic heterocycles. The average Bonchev–Trinajstić information content (AvgIpc) is 3.60. The van der Waals surface area contributed by atoms with Gasteiger partial charge in [-0.3, -0.25) is 9.97 Å². The molecule has 0 radical (unpaired) electrons. The van der Waals surface area contributed by atoms with Crippen LogP contribution in [0.3, 0.4) is 0 Å². The van der Waals surface area contributed by atoms with Crippen LogP contribution in [-0.4, -0.2) is 14.5 Å². The predicted molar refractivity (Wildman–Crippen MR) is 222 cm³/mol. The van der Waals surface area contributed by atoms with E-state index in [1.807, 2.05) is 48.8 Å². The second-order valence-corrected chi connectivity index (χ2v) is 13.4. The van der Waals surface area contributed by atoms with E-state index >= 15 is 0 Å². The van der Waals surface area contributed by atoms with Gasteiger partial charge in [-0.15, -0.1) is 0 Å². The molecule has 0 saturated carbocycles. The molecule has 7 aromatic carbocycles. The Bertz CT molecular complexity index is 2910. The molecule has 0 unspecified atom stereocenters. The quantitative estimate of drug-likeness (QED) is 0.123. The maximum absolute atomic E-state index is 7.57. The third kappa shape index (κ3) is 5.25. The molecule has 0 spiro atoms. The summed E-state index contributed by atoms with van der Waals surface area (Å²) in [4.78, 5) is 14.8. The van der Waals surface area contributed by atoms with Crippen molar-refractivity contribution in [2.24, 2.45) is 0 Å². The van der Waals surface area contributed by atoms with Crippen LogP contribution in [0, 0.1) is 6.57 Å². The summed E-state index contributed by atoms with van der Waals surface area (Å²) in [6.45, 7) is 7.57. The van der Waals surface area contributed by atoms with Gasteiger partial charge in [0.1, 0.15) is 0 Å². The molecule has 0 amide bonds. The Hall–Kier alpha value is -7.55. The van der Waals surface area contributed by atoms with E-state index in [4.69, 9.17) is 6.57 Å². The Kier molecular flexibility index (Phi) is 7.45. The summed E-state index contributed by atoms with van der Waals surface area (Å²) in [5, 5.41) is 5.05. The highest BCUT2D eigenvalue weighted by Gasteiger charge is 2.20. The topological polar surface area (TPSA) is 38.3 Å². The Morgan fingerprint density at radius 2 is 1.15 bits per heavy atom. The van der Waals surface area contributed by atoms with Crippen molar-refractivity contribution in [3.8, 4) is 39.1 Å². The van der Waals surface area contributed by atoms with Crippen LogP contribution in [-0.2, 0) is 0 Å². The lowest BCUT2D eigenvalue weighted by Crippen LogP contribution is -2.10.